The number of hydrogen-bond donors (Lipinski definition) is 1. The van der Waals surface area contributed by atoms with Crippen LogP contribution in [0.5, 0.6) is 0 Å². The summed E-state index contributed by atoms with van der Waals surface area (Å²) in [5.74, 6) is 0. The second kappa shape index (κ2) is 9.50. The molecule has 2 aromatic rings. The highest BCUT2D eigenvalue weighted by molar-refractivity contribution is 5.37. The Labute approximate surface area is 169 Å². The summed E-state index contributed by atoms with van der Waals surface area (Å²) in [6, 6.07) is 11.2. The van der Waals surface area contributed by atoms with Gasteiger partial charge in [0.05, 0.1) is 11.4 Å². The summed E-state index contributed by atoms with van der Waals surface area (Å²) >= 11 is 0. The third-order valence-electron chi connectivity index (χ3n) is 5.46. The van der Waals surface area contributed by atoms with Gasteiger partial charge in [-0.05, 0) is 57.9 Å². The molecule has 5 nitrogen and oxygen atoms in total. The molecular weight excluding hydrogens is 348 g/mol. The Morgan fingerprint density at radius 2 is 2.04 bits per heavy atom. The molecule has 0 saturated carbocycles. The molecule has 0 radical (unpaired) electrons. The lowest BCUT2D eigenvalue weighted by Gasteiger charge is -2.41. The van der Waals surface area contributed by atoms with E-state index in [2.05, 4.69) is 72.1 Å². The maximum Gasteiger partial charge on any atom is 0.0651 e. The monoisotopic (exact) mass is 382 g/mol. The molecule has 0 amide bonds. The molecule has 1 aromatic heterocycles. The van der Waals surface area contributed by atoms with E-state index < -0.39 is 0 Å². The van der Waals surface area contributed by atoms with Crippen LogP contribution < -0.4 is 0 Å². The number of aryl methyl sites for hydroxylation is 2. The van der Waals surface area contributed by atoms with Crippen LogP contribution in [0.15, 0.2) is 42.0 Å². The van der Waals surface area contributed by atoms with Gasteiger partial charge in [-0.3, -0.25) is 9.80 Å². The molecule has 2 heterocycles. The minimum Gasteiger partial charge on any atom is -0.396 e. The van der Waals surface area contributed by atoms with E-state index in [0.717, 1.165) is 56.2 Å². The maximum atomic E-state index is 9.51. The molecule has 1 aromatic carbocycles. The minimum absolute atomic E-state index is 0.247. The third kappa shape index (κ3) is 5.31. The lowest BCUT2D eigenvalue weighted by Crippen LogP contribution is -2.53. The predicted molar refractivity (Wildman–Crippen MR) is 115 cm³/mol. The average Bonchev–Trinajstić information content (AvgIpc) is 3.00. The average molecular weight is 383 g/mol. The number of allylic oxidation sites excluding steroid dienone is 1. The molecule has 1 aliphatic rings. The summed E-state index contributed by atoms with van der Waals surface area (Å²) < 4.78 is 2.02. The fraction of sp³-hybridized carbons (Fsp3) is 0.522. The number of hydrogen-bond acceptors (Lipinski definition) is 4. The zero-order valence-electron chi connectivity index (χ0n) is 17.7. The van der Waals surface area contributed by atoms with E-state index >= 15 is 0 Å². The Morgan fingerprint density at radius 3 is 2.71 bits per heavy atom. The molecule has 1 unspecified atom stereocenters. The van der Waals surface area contributed by atoms with Crippen molar-refractivity contribution in [3.05, 3.63) is 58.9 Å². The van der Waals surface area contributed by atoms with Crippen molar-refractivity contribution in [2.24, 2.45) is 0 Å². The van der Waals surface area contributed by atoms with E-state index in [4.69, 9.17) is 0 Å². The molecule has 3 rings (SSSR count). The lowest BCUT2D eigenvalue weighted by atomic mass is 10.1. The topological polar surface area (TPSA) is 44.5 Å². The van der Waals surface area contributed by atoms with Crippen LogP contribution in [-0.4, -0.2) is 63.5 Å². The highest BCUT2D eigenvalue weighted by Gasteiger charge is 2.25. The van der Waals surface area contributed by atoms with Crippen molar-refractivity contribution >= 4 is 0 Å². The van der Waals surface area contributed by atoms with E-state index in [1.54, 1.807) is 0 Å². The van der Waals surface area contributed by atoms with E-state index in [9.17, 15) is 5.11 Å². The summed E-state index contributed by atoms with van der Waals surface area (Å²) in [6.07, 6.45) is 3.12. The number of benzene rings is 1. The minimum atomic E-state index is 0.247. The van der Waals surface area contributed by atoms with Crippen LogP contribution in [-0.2, 0) is 6.54 Å². The molecule has 1 fully saturated rings. The highest BCUT2D eigenvalue weighted by atomic mass is 16.3. The van der Waals surface area contributed by atoms with Crippen molar-refractivity contribution < 1.29 is 5.11 Å². The summed E-state index contributed by atoms with van der Waals surface area (Å²) in [6.45, 7) is 13.7. The van der Waals surface area contributed by atoms with Crippen LogP contribution in [0, 0.1) is 13.8 Å². The van der Waals surface area contributed by atoms with Crippen molar-refractivity contribution in [2.75, 3.05) is 32.8 Å². The second-order valence-corrected chi connectivity index (χ2v) is 8.19. The first-order valence-electron chi connectivity index (χ1n) is 10.3. The van der Waals surface area contributed by atoms with Crippen LogP contribution in [0.3, 0.4) is 0 Å². The van der Waals surface area contributed by atoms with Crippen LogP contribution in [0.25, 0.3) is 5.69 Å². The van der Waals surface area contributed by atoms with Crippen molar-refractivity contribution in [3.8, 4) is 5.69 Å². The van der Waals surface area contributed by atoms with Gasteiger partial charge in [0, 0.05) is 51.1 Å². The third-order valence-corrected chi connectivity index (χ3v) is 5.46. The fourth-order valence-corrected chi connectivity index (χ4v) is 4.00. The summed E-state index contributed by atoms with van der Waals surface area (Å²) in [5, 5.41) is 14.1. The van der Waals surface area contributed by atoms with Gasteiger partial charge in [-0.2, -0.15) is 5.10 Å². The number of piperazine rings is 1. The number of nitrogens with zero attached hydrogens (tertiary/aromatic N) is 4. The molecule has 5 heteroatoms. The smallest absolute Gasteiger partial charge is 0.0651 e. The summed E-state index contributed by atoms with van der Waals surface area (Å²) in [4.78, 5) is 5.02. The normalized spacial score (nSPS) is 18.4. The first kappa shape index (κ1) is 20.8. The molecule has 1 N–H and O–H groups in total. The number of aromatic nitrogens is 2. The molecule has 28 heavy (non-hydrogen) atoms. The SMILES string of the molecule is CC(C)=CCN1CCN(Cc2cccc(-n3nc(C)cc3C)c2)CC1CCO. The lowest BCUT2D eigenvalue weighted by molar-refractivity contribution is 0.0637. The van der Waals surface area contributed by atoms with Crippen LogP contribution >= 0.6 is 0 Å². The first-order chi connectivity index (χ1) is 13.5. The van der Waals surface area contributed by atoms with Gasteiger partial charge in [0.15, 0.2) is 0 Å². The summed E-state index contributed by atoms with van der Waals surface area (Å²) in [5.41, 5.74) is 5.99. The summed E-state index contributed by atoms with van der Waals surface area (Å²) in [7, 11) is 0. The van der Waals surface area contributed by atoms with E-state index in [-0.39, 0.29) is 6.61 Å². The highest BCUT2D eigenvalue weighted by Crippen LogP contribution is 2.18. The molecule has 1 aliphatic heterocycles. The van der Waals surface area contributed by atoms with E-state index in [0.29, 0.717) is 6.04 Å². The van der Waals surface area contributed by atoms with Gasteiger partial charge in [-0.1, -0.05) is 23.8 Å². The molecule has 1 atom stereocenters. The quantitative estimate of drug-likeness (QED) is 0.746. The predicted octanol–water partition coefficient (Wildman–Crippen LogP) is 3.32. The zero-order valence-corrected chi connectivity index (χ0v) is 17.7. The van der Waals surface area contributed by atoms with Gasteiger partial charge in [0.1, 0.15) is 0 Å². The molecule has 152 valence electrons. The Morgan fingerprint density at radius 1 is 1.21 bits per heavy atom. The standard InChI is InChI=1S/C23H34N4O/c1-18(2)8-10-26-12-11-25(17-23(26)9-13-28)16-21-6-5-7-22(15-21)27-20(4)14-19(3)24-27/h5-8,14-15,23,28H,9-13,16-17H2,1-4H3. The van der Waals surface area contributed by atoms with Gasteiger partial charge >= 0.3 is 0 Å². The van der Waals surface area contributed by atoms with Gasteiger partial charge < -0.3 is 5.11 Å². The van der Waals surface area contributed by atoms with E-state index in [1.165, 1.54) is 11.1 Å². The number of rotatable bonds is 7. The van der Waals surface area contributed by atoms with Crippen molar-refractivity contribution in [2.45, 2.75) is 46.7 Å². The Kier molecular flexibility index (Phi) is 7.05. The van der Waals surface area contributed by atoms with Gasteiger partial charge in [-0.15, -0.1) is 0 Å². The van der Waals surface area contributed by atoms with Gasteiger partial charge in [-0.25, -0.2) is 4.68 Å². The van der Waals surface area contributed by atoms with Gasteiger partial charge in [0.25, 0.3) is 0 Å². The molecule has 0 aliphatic carbocycles. The fourth-order valence-electron chi connectivity index (χ4n) is 4.00. The van der Waals surface area contributed by atoms with Crippen molar-refractivity contribution in [1.29, 1.82) is 0 Å². The second-order valence-electron chi connectivity index (χ2n) is 8.19. The first-order valence-corrected chi connectivity index (χ1v) is 10.3. The zero-order chi connectivity index (χ0) is 20.1. The molecule has 1 saturated heterocycles. The number of aliphatic hydroxyl groups is 1. The molecular formula is C23H34N4O. The van der Waals surface area contributed by atoms with Crippen LogP contribution in [0.4, 0.5) is 0 Å². The van der Waals surface area contributed by atoms with Crippen molar-refractivity contribution in [1.82, 2.24) is 19.6 Å². The van der Waals surface area contributed by atoms with Gasteiger partial charge in [0.2, 0.25) is 0 Å². The van der Waals surface area contributed by atoms with Crippen molar-refractivity contribution in [3.63, 3.8) is 0 Å². The van der Waals surface area contributed by atoms with E-state index in [1.807, 2.05) is 11.6 Å². The maximum absolute atomic E-state index is 9.51. The Bertz CT molecular complexity index is 807. The Balaban J connectivity index is 1.68. The van der Waals surface area contributed by atoms with Crippen LogP contribution in [0.2, 0.25) is 0 Å². The largest absolute Gasteiger partial charge is 0.396 e. The molecule has 0 spiro atoms. The Hall–Kier alpha value is -1.95. The number of aliphatic hydroxyl groups excluding tert-OH is 1. The molecule has 0 bridgehead atoms. The van der Waals surface area contributed by atoms with Crippen LogP contribution in [0.1, 0.15) is 37.2 Å².